The fraction of sp³-hybridized carbons (Fsp3) is 0. The zero-order valence-electron chi connectivity index (χ0n) is 3.85. The average Bonchev–Trinajstić information content (AvgIpc) is 2.17. The quantitative estimate of drug-likeness (QED) is 0.323. The van der Waals surface area contributed by atoms with Gasteiger partial charge in [0.2, 0.25) is 0 Å². The Bertz CT molecular complexity index is 79.4. The van der Waals surface area contributed by atoms with E-state index in [1.807, 2.05) is 0 Å². The summed E-state index contributed by atoms with van der Waals surface area (Å²) in [6, 6.07) is 0. The maximum absolute atomic E-state index is 6.62. The Balaban J connectivity index is 0.000000145. The number of nitrogens with one attached hydrogen (secondary N) is 1. The standard InChI is InChI=1S/C2H3N3.H2O3/c1-2-4-5-3-1;1-3-2/h1-2H,(H,3,4,5);1-2H. The van der Waals surface area contributed by atoms with Gasteiger partial charge in [0.1, 0.15) is 0 Å². The number of hydrogen-bond acceptors (Lipinski definition) is 5. The van der Waals surface area contributed by atoms with E-state index in [1.54, 1.807) is 12.4 Å². The lowest BCUT2D eigenvalue weighted by atomic mass is 11.0. The molecule has 8 heavy (non-hydrogen) atoms. The van der Waals surface area contributed by atoms with Gasteiger partial charge in [0.25, 0.3) is 0 Å². The van der Waals surface area contributed by atoms with E-state index in [2.05, 4.69) is 20.4 Å². The number of hydrogen-bond donors (Lipinski definition) is 3. The second-order valence-corrected chi connectivity index (χ2v) is 0.738. The molecule has 1 aromatic heterocycles. The van der Waals surface area contributed by atoms with Gasteiger partial charge in [0, 0.05) is 0 Å². The van der Waals surface area contributed by atoms with Gasteiger partial charge in [-0.25, -0.2) is 10.5 Å². The molecule has 6 heteroatoms. The van der Waals surface area contributed by atoms with Crippen LogP contribution in [0.3, 0.4) is 0 Å². The topological polar surface area (TPSA) is 91.3 Å². The third-order valence-corrected chi connectivity index (χ3v) is 0.331. The molecular formula is C2H5N3O3. The van der Waals surface area contributed by atoms with Gasteiger partial charge in [-0.1, -0.05) is 5.04 Å². The smallest absolute Gasteiger partial charge is 0.0690 e. The molecule has 6 nitrogen and oxygen atoms in total. The lowest BCUT2D eigenvalue weighted by molar-refractivity contribution is -0.465. The Morgan fingerprint density at radius 3 is 1.75 bits per heavy atom. The number of nitrogens with zero attached hydrogens (tertiary/aromatic N) is 2. The van der Waals surface area contributed by atoms with Gasteiger partial charge >= 0.3 is 0 Å². The van der Waals surface area contributed by atoms with Crippen molar-refractivity contribution in [3.63, 3.8) is 0 Å². The molecule has 0 fully saturated rings. The number of H-pyrrole nitrogens is 1. The third kappa shape index (κ3) is 5.02. The van der Waals surface area contributed by atoms with Crippen LogP contribution >= 0.6 is 0 Å². The van der Waals surface area contributed by atoms with Crippen molar-refractivity contribution in [3.8, 4) is 0 Å². The van der Waals surface area contributed by atoms with E-state index in [1.165, 1.54) is 0 Å². The molecule has 0 aliphatic carbocycles. The predicted octanol–water partition coefficient (Wildman–Crippen LogP) is -0.246. The minimum Gasteiger partial charge on any atom is -0.221 e. The molecule has 0 saturated heterocycles. The van der Waals surface area contributed by atoms with E-state index in [4.69, 9.17) is 10.5 Å². The van der Waals surface area contributed by atoms with Gasteiger partial charge in [-0.3, -0.25) is 0 Å². The molecule has 0 aliphatic rings. The van der Waals surface area contributed by atoms with Gasteiger partial charge < -0.3 is 0 Å². The second-order valence-electron chi connectivity index (χ2n) is 0.738. The third-order valence-electron chi connectivity index (χ3n) is 0.331. The molecule has 0 unspecified atom stereocenters. The lowest BCUT2D eigenvalue weighted by Crippen LogP contribution is -1.61. The predicted molar refractivity (Wildman–Crippen MR) is 22.7 cm³/mol. The number of rotatable bonds is 0. The Morgan fingerprint density at radius 2 is 1.62 bits per heavy atom. The fourth-order valence-corrected chi connectivity index (χ4v) is 0.167. The highest BCUT2D eigenvalue weighted by molar-refractivity contribution is 4.54. The van der Waals surface area contributed by atoms with Crippen LogP contribution in [0.15, 0.2) is 12.4 Å². The molecule has 0 bridgehead atoms. The summed E-state index contributed by atoms with van der Waals surface area (Å²) in [6.07, 6.45) is 3.17. The first-order valence-corrected chi connectivity index (χ1v) is 1.66. The van der Waals surface area contributed by atoms with Crippen LogP contribution in [0.1, 0.15) is 0 Å². The normalized spacial score (nSPS) is 7.25. The Kier molecular flexibility index (Phi) is 5.28. The largest absolute Gasteiger partial charge is 0.221 e. The highest BCUT2D eigenvalue weighted by Crippen LogP contribution is 1.55. The van der Waals surface area contributed by atoms with E-state index in [0.29, 0.717) is 0 Å². The molecule has 3 N–H and O–H groups in total. The van der Waals surface area contributed by atoms with Crippen molar-refractivity contribution in [2.75, 3.05) is 0 Å². The summed E-state index contributed by atoms with van der Waals surface area (Å²) in [6.45, 7) is 0. The molecule has 0 aromatic carbocycles. The first kappa shape index (κ1) is 7.02. The van der Waals surface area contributed by atoms with Gasteiger partial charge in [0.15, 0.2) is 0 Å². The first-order valence-electron chi connectivity index (χ1n) is 1.66. The fourth-order valence-electron chi connectivity index (χ4n) is 0.167. The van der Waals surface area contributed by atoms with E-state index in [0.717, 1.165) is 0 Å². The van der Waals surface area contributed by atoms with Crippen molar-refractivity contribution in [2.24, 2.45) is 0 Å². The van der Waals surface area contributed by atoms with Crippen LogP contribution < -0.4 is 0 Å². The van der Waals surface area contributed by atoms with Crippen molar-refractivity contribution >= 4 is 0 Å². The summed E-state index contributed by atoms with van der Waals surface area (Å²) in [5.41, 5.74) is 0. The zero-order chi connectivity index (χ0) is 6.24. The van der Waals surface area contributed by atoms with Crippen LogP contribution in [0.2, 0.25) is 0 Å². The van der Waals surface area contributed by atoms with E-state index >= 15 is 0 Å². The maximum atomic E-state index is 6.62. The Morgan fingerprint density at radius 1 is 1.25 bits per heavy atom. The molecule has 0 atom stereocenters. The lowest BCUT2D eigenvalue weighted by Gasteiger charge is -1.56. The second kappa shape index (κ2) is 6.02. The van der Waals surface area contributed by atoms with Gasteiger partial charge in [0.05, 0.1) is 12.4 Å². The molecule has 0 radical (unpaired) electrons. The first-order chi connectivity index (χ1) is 3.91. The van der Waals surface area contributed by atoms with Crippen LogP contribution in [0.5, 0.6) is 0 Å². The van der Waals surface area contributed by atoms with Crippen molar-refractivity contribution in [3.05, 3.63) is 12.4 Å². The molecule has 0 aliphatic heterocycles. The molecule has 0 saturated carbocycles. The molecular weight excluding hydrogens is 114 g/mol. The minimum atomic E-state index is 1.58. The van der Waals surface area contributed by atoms with Crippen LogP contribution in [-0.2, 0) is 5.04 Å². The van der Waals surface area contributed by atoms with Crippen molar-refractivity contribution < 1.29 is 15.6 Å². The molecule has 0 spiro atoms. The Hall–Kier alpha value is -0.980. The van der Waals surface area contributed by atoms with E-state index in [-0.39, 0.29) is 0 Å². The van der Waals surface area contributed by atoms with Gasteiger partial charge in [-0.2, -0.15) is 15.4 Å². The molecule has 1 aromatic rings. The highest BCUT2D eigenvalue weighted by Gasteiger charge is 1.57. The van der Waals surface area contributed by atoms with Crippen LogP contribution in [0, 0.1) is 0 Å². The van der Waals surface area contributed by atoms with Crippen LogP contribution in [-0.4, -0.2) is 25.9 Å². The summed E-state index contributed by atoms with van der Waals surface area (Å²) in [5.74, 6) is 0. The van der Waals surface area contributed by atoms with E-state index in [9.17, 15) is 0 Å². The molecule has 0 amide bonds. The summed E-state index contributed by atoms with van der Waals surface area (Å²) in [5, 5.41) is 24.8. The minimum absolute atomic E-state index is 1.58. The molecule has 1 heterocycles. The van der Waals surface area contributed by atoms with Crippen LogP contribution in [0.25, 0.3) is 0 Å². The van der Waals surface area contributed by atoms with Crippen molar-refractivity contribution in [1.82, 2.24) is 15.4 Å². The summed E-state index contributed by atoms with van der Waals surface area (Å²) >= 11 is 0. The molecule has 1 rings (SSSR count). The summed E-state index contributed by atoms with van der Waals surface area (Å²) in [7, 11) is 0. The average molecular weight is 119 g/mol. The van der Waals surface area contributed by atoms with Gasteiger partial charge in [-0.15, -0.1) is 0 Å². The summed E-state index contributed by atoms with van der Waals surface area (Å²) < 4.78 is 0. The highest BCUT2D eigenvalue weighted by atomic mass is 17.4. The summed E-state index contributed by atoms with van der Waals surface area (Å²) in [4.78, 5) is 0. The van der Waals surface area contributed by atoms with Crippen molar-refractivity contribution in [2.45, 2.75) is 0 Å². The monoisotopic (exact) mass is 119 g/mol. The number of aromatic amines is 1. The molecule has 46 valence electrons. The number of aromatic nitrogens is 3. The Labute approximate surface area is 44.6 Å². The zero-order valence-corrected chi connectivity index (χ0v) is 3.85. The van der Waals surface area contributed by atoms with Crippen LogP contribution in [0.4, 0.5) is 0 Å². The van der Waals surface area contributed by atoms with E-state index < -0.39 is 0 Å². The van der Waals surface area contributed by atoms with Gasteiger partial charge in [-0.05, 0) is 0 Å². The van der Waals surface area contributed by atoms with Crippen molar-refractivity contribution in [1.29, 1.82) is 0 Å². The SMILES string of the molecule is OOO.c1cn[nH]n1. The maximum Gasteiger partial charge on any atom is 0.0690 e.